The number of sulfonamides is 1. The zero-order valence-corrected chi connectivity index (χ0v) is 33.8. The second-order valence-corrected chi connectivity index (χ2v) is 18.0. The molecule has 3 fully saturated rings. The minimum Gasteiger partial charge on any atom is -0.330 e. The van der Waals surface area contributed by atoms with Gasteiger partial charge in [0.15, 0.2) is 0 Å². The van der Waals surface area contributed by atoms with Crippen LogP contribution < -0.4 is 16.2 Å². The van der Waals surface area contributed by atoms with Crippen molar-refractivity contribution in [3.05, 3.63) is 61.3 Å². The number of rotatable bonds is 9. The normalized spacial score (nSPS) is 30.3. The molecule has 2 radical (unpaired) electrons. The van der Waals surface area contributed by atoms with Crippen molar-refractivity contribution in [2.24, 2.45) is 74.9 Å². The van der Waals surface area contributed by atoms with E-state index in [4.69, 9.17) is 16.2 Å². The smallest absolute Gasteiger partial charge is 0.330 e. The first-order valence-electron chi connectivity index (χ1n) is 17.7. The van der Waals surface area contributed by atoms with Gasteiger partial charge in [-0.2, -0.15) is 47.9 Å². The summed E-state index contributed by atoms with van der Waals surface area (Å²) >= 11 is 2.40. The lowest BCUT2D eigenvalue weighted by Crippen LogP contribution is -2.39. The fourth-order valence-corrected chi connectivity index (χ4v) is 8.65. The number of allylic oxidation sites excluding steroid dienone is 8. The predicted octanol–water partition coefficient (Wildman–Crippen LogP) is 7.15. The summed E-state index contributed by atoms with van der Waals surface area (Å²) in [5, 5.41) is 2.74. The maximum Gasteiger partial charge on any atom is 0.525 e. The second-order valence-electron chi connectivity index (χ2n) is 13.7. The molecule has 7 aliphatic rings. The first-order valence-corrected chi connectivity index (χ1v) is 21.3. The number of halogens is 10. The van der Waals surface area contributed by atoms with Gasteiger partial charge in [-0.25, -0.2) is 13.1 Å². The molecule has 0 spiro atoms. The van der Waals surface area contributed by atoms with Gasteiger partial charge in [-0.1, -0.05) is 59.0 Å². The van der Waals surface area contributed by atoms with Crippen molar-refractivity contribution in [3.63, 3.8) is 0 Å². The van der Waals surface area contributed by atoms with Crippen molar-refractivity contribution in [2.75, 3.05) is 19.6 Å². The van der Waals surface area contributed by atoms with E-state index in [-0.39, 0.29) is 18.4 Å². The van der Waals surface area contributed by atoms with Gasteiger partial charge in [0.2, 0.25) is 0 Å². The third-order valence-electron chi connectivity index (χ3n) is 10.2. The largest absolute Gasteiger partial charge is 0.525 e. The van der Waals surface area contributed by atoms with Crippen LogP contribution in [0.5, 0.6) is 0 Å². The molecule has 0 aromatic rings. The first kappa shape index (κ1) is 52.2. The molecule has 0 heterocycles. The maximum atomic E-state index is 12.0. The quantitative estimate of drug-likeness (QED) is 0.0314. The first-order chi connectivity index (χ1) is 27.4. The van der Waals surface area contributed by atoms with Crippen LogP contribution in [0.25, 0.3) is 0 Å². The molecule has 3 saturated carbocycles. The molecule has 0 saturated heterocycles. The van der Waals surface area contributed by atoms with E-state index in [0.29, 0.717) is 12.5 Å². The highest BCUT2D eigenvalue weighted by Gasteiger charge is 2.49. The molecule has 0 aromatic heterocycles. The van der Waals surface area contributed by atoms with Gasteiger partial charge < -0.3 is 11.5 Å². The monoisotopic (exact) mass is 928 g/mol. The summed E-state index contributed by atoms with van der Waals surface area (Å²) in [4.78, 5) is 0. The van der Waals surface area contributed by atoms with Gasteiger partial charge >= 0.3 is 36.7 Å². The molecule has 332 valence electrons. The zero-order valence-electron chi connectivity index (χ0n) is 31.5. The highest BCUT2D eigenvalue weighted by Crippen LogP contribution is 2.52. The van der Waals surface area contributed by atoms with Gasteiger partial charge in [-0.15, -0.1) is 10.9 Å². The number of hydrogen-bond donors (Lipinski definition) is 3. The van der Waals surface area contributed by atoms with E-state index in [2.05, 4.69) is 88.9 Å². The van der Waals surface area contributed by atoms with Gasteiger partial charge in [-0.05, 0) is 109 Å². The van der Waals surface area contributed by atoms with Crippen LogP contribution in [0.4, 0.5) is 44.2 Å². The van der Waals surface area contributed by atoms with Crippen LogP contribution in [0, 0.1) is 59.2 Å². The minimum atomic E-state index is -6.14. The summed E-state index contributed by atoms with van der Waals surface area (Å²) in [6, 6.07) is 0. The molecule has 26 heteroatoms. The molecule has 10 unspecified atom stereocenters. The number of nitrogens with zero attached hydrogens (tertiary/aromatic N) is 1. The van der Waals surface area contributed by atoms with Crippen molar-refractivity contribution >= 4 is 52.6 Å². The molecular formula is C32H45BF10N4O7S4. The fraction of sp³-hybridized carbons (Fsp3) is 0.688. The summed E-state index contributed by atoms with van der Waals surface area (Å²) in [7, 11) is -7.03. The number of fused-ring (bicyclic) bond motifs is 9. The summed E-state index contributed by atoms with van der Waals surface area (Å²) in [5.41, 5.74) is -5.51. The number of hydrogen-bond acceptors (Lipinski definition) is 12. The molecule has 58 heavy (non-hydrogen) atoms. The molecule has 7 aliphatic carbocycles. The summed E-state index contributed by atoms with van der Waals surface area (Å²) < 4.78 is 168. The standard InChI is InChI=1S/C10H12.C9H12F3NO2S.C8H13N.C3H7N.C2F6O5S2.BNS.FH/c1-2-9-7-4-5-8(6-7)10(9)3-1;10-9(11,12)16(14,15)13-5-8-4-6-1-2-7(8)3-6;9-5-8-4-6-1-2-7(8)3-6;1-2-3-4;3-1(4,5)14-12-11-13-15(9,10)2(6,7)8;1-2-3;/h1-2,4-5,7-10H,3,6H2;1-2,6-8,13H,3-5H2;1-2,6-8H,3-5,9H2;2H,1,3-4H2;;;1H/i/hT. The number of nitrogens with one attached hydrogen (secondary N) is 1. The van der Waals surface area contributed by atoms with Gasteiger partial charge in [0.1, 0.15) is 12.0 Å². The second kappa shape index (κ2) is 23.9. The van der Waals surface area contributed by atoms with Gasteiger partial charge in [0, 0.05) is 25.5 Å². The Labute approximate surface area is 343 Å². The highest BCUT2D eigenvalue weighted by atomic mass is 32.2. The molecule has 0 aliphatic heterocycles. The molecule has 11 nitrogen and oxygen atoms in total. The predicted molar refractivity (Wildman–Crippen MR) is 200 cm³/mol. The van der Waals surface area contributed by atoms with Crippen molar-refractivity contribution < 1.29 is 74.8 Å². The van der Waals surface area contributed by atoms with Crippen LogP contribution in [-0.2, 0) is 46.3 Å². The van der Waals surface area contributed by atoms with Crippen LogP contribution in [0.2, 0.25) is 0 Å². The Morgan fingerprint density at radius 3 is 1.72 bits per heavy atom. The molecule has 10 atom stereocenters. The van der Waals surface area contributed by atoms with Crippen LogP contribution in [0.3, 0.4) is 0 Å². The molecule has 0 amide bonds. The summed E-state index contributed by atoms with van der Waals surface area (Å²) in [5.74, 6) is 7.05. The minimum absolute atomic E-state index is 0.00660. The van der Waals surface area contributed by atoms with E-state index in [1.54, 1.807) is 10.8 Å². The van der Waals surface area contributed by atoms with E-state index < -0.39 is 48.7 Å². The molecule has 6 bridgehead atoms. The average Bonchev–Trinajstić information content (AvgIpc) is 4.02. The third kappa shape index (κ3) is 16.9. The van der Waals surface area contributed by atoms with Crippen molar-refractivity contribution in [3.8, 4) is 0 Å². The number of nitrogens with two attached hydrogens (primary N) is 2. The van der Waals surface area contributed by atoms with E-state index in [1.165, 1.54) is 25.7 Å². The van der Waals surface area contributed by atoms with E-state index in [9.17, 15) is 56.3 Å². The summed E-state index contributed by atoms with van der Waals surface area (Å²) in [6.45, 7) is 4.71. The van der Waals surface area contributed by atoms with Crippen molar-refractivity contribution in [1.29, 1.82) is 1.45 Å². The maximum absolute atomic E-state index is 12.0. The fourth-order valence-electron chi connectivity index (χ4n) is 7.71. The Balaban J connectivity index is 0.000000374. The van der Waals surface area contributed by atoms with Crippen molar-refractivity contribution in [2.45, 2.75) is 55.0 Å². The lowest BCUT2D eigenvalue weighted by molar-refractivity contribution is -0.407. The van der Waals surface area contributed by atoms with Crippen molar-refractivity contribution in [1.82, 2.24) is 4.72 Å². The molecule has 7 rings (SSSR count). The van der Waals surface area contributed by atoms with E-state index in [0.717, 1.165) is 60.8 Å². The van der Waals surface area contributed by atoms with E-state index >= 15 is 0 Å². The average molecular weight is 929 g/mol. The molecule has 5 N–H and O–H groups in total. The zero-order chi connectivity index (χ0) is 45.2. The Morgan fingerprint density at radius 1 is 0.845 bits per heavy atom. The van der Waals surface area contributed by atoms with Crippen LogP contribution in [0.1, 0.15) is 38.5 Å². The van der Waals surface area contributed by atoms with Gasteiger partial charge in [0.05, 0.1) is 0 Å². The Kier molecular flexibility index (Phi) is 21.5. The molecular weight excluding hydrogens is 881 g/mol. The lowest BCUT2D eigenvalue weighted by atomic mass is 9.86. The molecule has 0 aromatic carbocycles. The number of alkyl halides is 9. The topological polar surface area (TPSA) is 172 Å². The van der Waals surface area contributed by atoms with Crippen LogP contribution in [0.15, 0.2) is 65.5 Å². The lowest BCUT2D eigenvalue weighted by Gasteiger charge is -2.18. The summed E-state index contributed by atoms with van der Waals surface area (Å²) in [6.07, 6.45) is 27.4. The Morgan fingerprint density at radius 2 is 1.34 bits per heavy atom. The Hall–Kier alpha value is -1.91. The SMILES string of the molecule is C1=CC2C3C=CC(C3)C2C1.C=CCN.NCC1CC2C=CC1C2.O=S(=O)(NCC1CC2C=CC1C2)C(F)(F)F.O=S(=O)(OOOSC(F)(F)F)C(F)(F)F.[3H]F.[B]N=S. The van der Waals surface area contributed by atoms with Crippen LogP contribution >= 0.6 is 12.0 Å². The van der Waals surface area contributed by atoms with E-state index in [1.807, 2.05) is 6.08 Å². The highest BCUT2D eigenvalue weighted by molar-refractivity contribution is 7.95. The van der Waals surface area contributed by atoms with Crippen LogP contribution in [-0.4, -0.2) is 62.4 Å². The third-order valence-corrected chi connectivity index (χ3v) is 12.4. The Bertz CT molecular complexity index is 1640. The van der Waals surface area contributed by atoms with Gasteiger partial charge in [-0.3, -0.25) is 8.99 Å². The van der Waals surface area contributed by atoms with Gasteiger partial charge in [0.25, 0.3) is 9.43 Å².